The van der Waals surface area contributed by atoms with Gasteiger partial charge in [-0.25, -0.2) is 26.3 Å². The molecule has 2 aliphatic rings. The Kier molecular flexibility index (Phi) is 6.21. The molecule has 2 heterocycles. The topological polar surface area (TPSA) is 95.7 Å². The Labute approximate surface area is 176 Å². The van der Waals surface area contributed by atoms with Gasteiger partial charge in [-0.15, -0.1) is 0 Å². The van der Waals surface area contributed by atoms with Gasteiger partial charge in [-0.3, -0.25) is 15.1 Å². The summed E-state index contributed by atoms with van der Waals surface area (Å²) in [4.78, 5) is 13.8. The number of halogens is 4. The molecule has 0 bridgehead atoms. The second-order valence-corrected chi connectivity index (χ2v) is 9.75. The average Bonchev–Trinajstić information content (AvgIpc) is 3.03. The monoisotopic (exact) mass is 468 g/mol. The van der Waals surface area contributed by atoms with Crippen molar-refractivity contribution >= 4 is 38.7 Å². The smallest absolute Gasteiger partial charge is 0.252 e. The number of hydrogen-bond donors (Lipinski definition) is 1. The predicted molar refractivity (Wildman–Crippen MR) is 104 cm³/mol. The molecule has 3 rings (SSSR count). The lowest BCUT2D eigenvalue weighted by molar-refractivity contribution is -0.118. The molecule has 1 aromatic rings. The molecule has 1 unspecified atom stereocenters. The molecule has 1 aromatic heterocycles. The van der Waals surface area contributed by atoms with Gasteiger partial charge < -0.3 is 4.90 Å². The minimum Gasteiger partial charge on any atom is -0.308 e. The summed E-state index contributed by atoms with van der Waals surface area (Å²) >= 11 is 6.11. The fourth-order valence-corrected chi connectivity index (χ4v) is 4.97. The molecule has 30 heavy (non-hydrogen) atoms. The molecule has 1 saturated carbocycles. The first-order valence-electron chi connectivity index (χ1n) is 9.09. The van der Waals surface area contributed by atoms with E-state index in [4.69, 9.17) is 11.6 Å². The Bertz CT molecular complexity index is 1010. The van der Waals surface area contributed by atoms with E-state index < -0.39 is 57.8 Å². The molecule has 0 spiro atoms. The van der Waals surface area contributed by atoms with Gasteiger partial charge in [0.1, 0.15) is 11.5 Å². The van der Waals surface area contributed by atoms with Crippen LogP contribution in [0.3, 0.4) is 0 Å². The third-order valence-corrected chi connectivity index (χ3v) is 6.80. The third-order valence-electron chi connectivity index (χ3n) is 4.79. The van der Waals surface area contributed by atoms with Crippen molar-refractivity contribution in [3.05, 3.63) is 29.5 Å². The van der Waals surface area contributed by atoms with E-state index in [1.165, 1.54) is 15.8 Å². The second-order valence-electron chi connectivity index (χ2n) is 7.16. The van der Waals surface area contributed by atoms with Gasteiger partial charge in [0.25, 0.3) is 5.92 Å². The number of allylic oxidation sites excluding steroid dienone is 2. The highest BCUT2D eigenvalue weighted by Crippen LogP contribution is 2.49. The number of carbonyl (C=O) groups is 1. The zero-order chi connectivity index (χ0) is 22.3. The molecule has 1 aliphatic carbocycles. The van der Waals surface area contributed by atoms with Crippen LogP contribution in [0, 0.1) is 5.92 Å². The Morgan fingerprint density at radius 1 is 1.47 bits per heavy atom. The molecular formula is C17H20ClF3N4O4S. The van der Waals surface area contributed by atoms with E-state index in [0.717, 1.165) is 12.3 Å². The Balaban J connectivity index is 1.69. The van der Waals surface area contributed by atoms with Gasteiger partial charge in [0.05, 0.1) is 36.1 Å². The van der Waals surface area contributed by atoms with E-state index in [2.05, 4.69) is 5.10 Å². The highest BCUT2D eigenvalue weighted by atomic mass is 35.5. The minimum atomic E-state index is -3.81. The molecule has 1 atom stereocenters. The predicted octanol–water partition coefficient (Wildman–Crippen LogP) is 2.71. The number of hydroxylamine groups is 2. The molecule has 0 saturated heterocycles. The zero-order valence-electron chi connectivity index (χ0n) is 15.9. The van der Waals surface area contributed by atoms with Crippen LogP contribution in [0.1, 0.15) is 19.8 Å². The van der Waals surface area contributed by atoms with Gasteiger partial charge in [-0.05, 0) is 13.0 Å². The maximum atomic E-state index is 13.5. The number of aromatic nitrogens is 2. The van der Waals surface area contributed by atoms with Gasteiger partial charge in [0.15, 0.2) is 15.0 Å². The number of sulfone groups is 1. The highest BCUT2D eigenvalue weighted by molar-refractivity contribution is 7.91. The molecule has 0 aromatic carbocycles. The van der Waals surface area contributed by atoms with Crippen molar-refractivity contribution in [2.24, 2.45) is 5.92 Å². The standard InChI is InChI=1S/C17H20ClF3N4O4S/c1-2-24(15(26)3-4-30(28,29)10-11-6-17(11,20)21)14-9-25(22-16(14)18)13-5-12(19)7-23(27)8-13/h5,7,9,11,27H,2-4,6,8,10H2,1H3. The molecule has 1 amide bonds. The van der Waals surface area contributed by atoms with E-state index in [1.54, 1.807) is 6.92 Å². The zero-order valence-corrected chi connectivity index (χ0v) is 17.5. The Hall–Kier alpha value is -2.05. The summed E-state index contributed by atoms with van der Waals surface area (Å²) in [6.45, 7) is 1.71. The van der Waals surface area contributed by atoms with E-state index in [-0.39, 0.29) is 29.6 Å². The summed E-state index contributed by atoms with van der Waals surface area (Å²) < 4.78 is 64.7. The summed E-state index contributed by atoms with van der Waals surface area (Å²) in [6.07, 6.45) is 2.53. The SMILES string of the molecule is CCN(C(=O)CCS(=O)(=O)CC1CC1(F)F)c1cn(C2=CC(F)=CN(O)C2)nc1Cl. The van der Waals surface area contributed by atoms with E-state index in [0.29, 0.717) is 5.06 Å². The van der Waals surface area contributed by atoms with Crippen LogP contribution in [0.2, 0.25) is 5.15 Å². The number of alkyl halides is 2. The molecule has 1 N–H and O–H groups in total. The molecule has 1 aliphatic heterocycles. The van der Waals surface area contributed by atoms with E-state index in [1.807, 2.05) is 0 Å². The van der Waals surface area contributed by atoms with Crippen molar-refractivity contribution in [3.8, 4) is 0 Å². The Morgan fingerprint density at radius 2 is 2.13 bits per heavy atom. The number of hydrogen-bond acceptors (Lipinski definition) is 6. The van der Waals surface area contributed by atoms with Crippen LogP contribution in [0.15, 0.2) is 24.3 Å². The normalized spacial score (nSPS) is 20.6. The van der Waals surface area contributed by atoms with Crippen molar-refractivity contribution in [2.75, 3.05) is 29.5 Å². The van der Waals surface area contributed by atoms with Crippen molar-refractivity contribution in [2.45, 2.75) is 25.7 Å². The molecular weight excluding hydrogens is 449 g/mol. The van der Waals surface area contributed by atoms with Crippen molar-refractivity contribution in [1.29, 1.82) is 0 Å². The third kappa shape index (κ3) is 5.16. The maximum Gasteiger partial charge on any atom is 0.252 e. The van der Waals surface area contributed by atoms with Crippen LogP contribution in [0.25, 0.3) is 5.70 Å². The van der Waals surface area contributed by atoms with Gasteiger partial charge in [0, 0.05) is 25.3 Å². The lowest BCUT2D eigenvalue weighted by atomic mass is 10.3. The summed E-state index contributed by atoms with van der Waals surface area (Å²) in [6, 6.07) is 0. The fourth-order valence-electron chi connectivity index (χ4n) is 3.11. The van der Waals surface area contributed by atoms with Crippen LogP contribution in [-0.2, 0) is 14.6 Å². The van der Waals surface area contributed by atoms with Gasteiger partial charge in [0.2, 0.25) is 5.91 Å². The van der Waals surface area contributed by atoms with Gasteiger partial charge in [-0.1, -0.05) is 11.6 Å². The minimum absolute atomic E-state index is 0.0744. The molecule has 166 valence electrons. The van der Waals surface area contributed by atoms with Crippen LogP contribution in [0.4, 0.5) is 18.9 Å². The average molecular weight is 469 g/mol. The number of carbonyl (C=O) groups excluding carboxylic acids is 1. The van der Waals surface area contributed by atoms with Crippen molar-refractivity contribution in [3.63, 3.8) is 0 Å². The molecule has 13 heteroatoms. The molecule has 8 nitrogen and oxygen atoms in total. The lowest BCUT2D eigenvalue weighted by Crippen LogP contribution is -2.32. The van der Waals surface area contributed by atoms with Crippen molar-refractivity contribution < 1.29 is 31.6 Å². The van der Waals surface area contributed by atoms with Gasteiger partial charge in [-0.2, -0.15) is 5.10 Å². The number of nitrogens with zero attached hydrogens (tertiary/aromatic N) is 4. The first-order chi connectivity index (χ1) is 13.9. The fraction of sp³-hybridized carbons (Fsp3) is 0.529. The van der Waals surface area contributed by atoms with Crippen LogP contribution < -0.4 is 4.90 Å². The number of anilines is 1. The van der Waals surface area contributed by atoms with Crippen molar-refractivity contribution in [1.82, 2.24) is 14.8 Å². The van der Waals surface area contributed by atoms with Crippen LogP contribution >= 0.6 is 11.6 Å². The summed E-state index contributed by atoms with van der Waals surface area (Å²) in [5, 5.41) is 14.1. The summed E-state index contributed by atoms with van der Waals surface area (Å²) in [5.74, 6) is -6.61. The van der Waals surface area contributed by atoms with E-state index >= 15 is 0 Å². The largest absolute Gasteiger partial charge is 0.308 e. The van der Waals surface area contributed by atoms with E-state index in [9.17, 15) is 31.6 Å². The van der Waals surface area contributed by atoms with Crippen LogP contribution in [-0.4, -0.2) is 64.9 Å². The van der Waals surface area contributed by atoms with Crippen LogP contribution in [0.5, 0.6) is 0 Å². The first-order valence-corrected chi connectivity index (χ1v) is 11.3. The number of amides is 1. The second kappa shape index (κ2) is 8.23. The van der Waals surface area contributed by atoms with Gasteiger partial charge >= 0.3 is 0 Å². The first kappa shape index (κ1) is 22.6. The number of rotatable bonds is 8. The molecule has 0 radical (unpaired) electrons. The maximum absolute atomic E-state index is 13.5. The Morgan fingerprint density at radius 3 is 2.70 bits per heavy atom. The quantitative estimate of drug-likeness (QED) is 0.630. The molecule has 1 fully saturated rings. The lowest BCUT2D eigenvalue weighted by Gasteiger charge is -2.20. The summed E-state index contributed by atoms with van der Waals surface area (Å²) in [7, 11) is -3.81. The summed E-state index contributed by atoms with van der Waals surface area (Å²) in [5.41, 5.74) is 0.428. The highest BCUT2D eigenvalue weighted by Gasteiger charge is 2.58.